The quantitative estimate of drug-likeness (QED) is 0.234. The van der Waals surface area contributed by atoms with E-state index in [1.807, 2.05) is 12.1 Å². The fourth-order valence-corrected chi connectivity index (χ4v) is 3.75. The highest BCUT2D eigenvalue weighted by atomic mass is 16.5. The van der Waals surface area contributed by atoms with Gasteiger partial charge >= 0.3 is 12.0 Å². The van der Waals surface area contributed by atoms with E-state index in [0.717, 1.165) is 18.5 Å². The topological polar surface area (TPSA) is 169 Å². The number of hydrogen-bond acceptors (Lipinski definition) is 12. The van der Waals surface area contributed by atoms with Crippen molar-refractivity contribution in [3.8, 4) is 23.8 Å². The monoisotopic (exact) mass is 530 g/mol. The Hall–Kier alpha value is -3.58. The molecule has 0 radical (unpaired) electrons. The lowest BCUT2D eigenvalue weighted by atomic mass is 9.68. The van der Waals surface area contributed by atoms with Crippen molar-refractivity contribution in [3.63, 3.8) is 0 Å². The molecule has 1 aliphatic carbocycles. The van der Waals surface area contributed by atoms with Crippen molar-refractivity contribution in [1.82, 2.24) is 19.9 Å². The molecule has 1 saturated carbocycles. The number of aliphatic hydroxyl groups is 4. The zero-order valence-electron chi connectivity index (χ0n) is 21.1. The highest BCUT2D eigenvalue weighted by Crippen LogP contribution is 2.49. The van der Waals surface area contributed by atoms with Crippen LogP contribution in [0.5, 0.6) is 23.8 Å². The van der Waals surface area contributed by atoms with Gasteiger partial charge in [0.15, 0.2) is 0 Å². The Morgan fingerprint density at radius 2 is 1.21 bits per heavy atom. The second-order valence-corrected chi connectivity index (χ2v) is 8.08. The number of aromatic nitrogens is 4. The minimum atomic E-state index is -0.101. The summed E-state index contributed by atoms with van der Waals surface area (Å²) in [6.07, 6.45) is 3.65. The van der Waals surface area contributed by atoms with Gasteiger partial charge in [0, 0.05) is 24.2 Å². The molecule has 3 aromatic rings. The van der Waals surface area contributed by atoms with E-state index >= 15 is 0 Å². The number of rotatable bonds is 14. The van der Waals surface area contributed by atoms with Gasteiger partial charge in [0.05, 0.1) is 32.1 Å². The van der Waals surface area contributed by atoms with Crippen LogP contribution in [0.25, 0.3) is 0 Å². The van der Waals surface area contributed by atoms with Crippen LogP contribution in [-0.4, -0.2) is 93.2 Å². The number of benzene rings is 1. The van der Waals surface area contributed by atoms with E-state index < -0.39 is 0 Å². The molecule has 0 aliphatic heterocycles. The molecule has 1 fully saturated rings. The third-order valence-corrected chi connectivity index (χ3v) is 5.52. The van der Waals surface area contributed by atoms with Crippen LogP contribution in [-0.2, 0) is 0 Å². The van der Waals surface area contributed by atoms with E-state index in [2.05, 4.69) is 44.2 Å². The van der Waals surface area contributed by atoms with Crippen molar-refractivity contribution in [2.24, 2.45) is 0 Å². The second kappa shape index (κ2) is 16.3. The van der Waals surface area contributed by atoms with Gasteiger partial charge in [-0.05, 0) is 24.3 Å². The zero-order valence-corrected chi connectivity index (χ0v) is 21.1. The minimum Gasteiger partial charge on any atom is -0.475 e. The summed E-state index contributed by atoms with van der Waals surface area (Å²) in [5.74, 6) is 1.45. The van der Waals surface area contributed by atoms with Gasteiger partial charge in [0.2, 0.25) is 11.8 Å². The summed E-state index contributed by atoms with van der Waals surface area (Å²) in [6.45, 7) is 0.277. The maximum atomic E-state index is 8.93. The van der Waals surface area contributed by atoms with Crippen molar-refractivity contribution < 1.29 is 39.4 Å². The molecule has 38 heavy (non-hydrogen) atoms. The molecule has 0 bridgehead atoms. The molecular weight excluding hydrogens is 496 g/mol. The average molecular weight is 531 g/mol. The van der Waals surface area contributed by atoms with Gasteiger partial charge in [0.1, 0.15) is 26.4 Å². The molecule has 1 aliphatic rings. The van der Waals surface area contributed by atoms with Crippen LogP contribution in [0.15, 0.2) is 48.7 Å². The van der Waals surface area contributed by atoms with Gasteiger partial charge in [-0.1, -0.05) is 30.3 Å². The highest BCUT2D eigenvalue weighted by molar-refractivity contribution is 5.31. The molecule has 12 heteroatoms. The summed E-state index contributed by atoms with van der Waals surface area (Å²) in [4.78, 5) is 16.3. The fraction of sp³-hybridized carbons (Fsp3) is 0.462. The summed E-state index contributed by atoms with van der Waals surface area (Å²) >= 11 is 0. The van der Waals surface area contributed by atoms with Crippen LogP contribution in [0.4, 0.5) is 0 Å². The summed E-state index contributed by atoms with van der Waals surface area (Å²) in [5.41, 5.74) is 2.19. The SMILES string of the molecule is OCCOc1cc(C2CCC2c2ccccc2)nc(OCCO)n1.OCCOc1ccnc(OCCO)n1. The fourth-order valence-electron chi connectivity index (χ4n) is 3.75. The standard InChI is InChI=1S/C18H22N2O4.C8H12N2O4/c21-8-10-23-17-12-16(19-18(20-17)24-11-9-22)15-7-6-14(15)13-4-2-1-3-5-13;11-3-5-13-7-1-2-9-8(10-7)14-6-4-12/h1-5,12,14-15,21-22H,6-11H2;1-2,11-12H,3-6H2. The first-order valence-corrected chi connectivity index (χ1v) is 12.4. The molecule has 4 N–H and O–H groups in total. The van der Waals surface area contributed by atoms with Gasteiger partial charge in [-0.25, -0.2) is 4.98 Å². The van der Waals surface area contributed by atoms with Gasteiger partial charge in [-0.3, -0.25) is 0 Å². The van der Waals surface area contributed by atoms with Crippen LogP contribution in [0.3, 0.4) is 0 Å². The Bertz CT molecular complexity index is 1030. The van der Waals surface area contributed by atoms with Crippen molar-refractivity contribution in [2.75, 3.05) is 52.9 Å². The van der Waals surface area contributed by atoms with Crippen molar-refractivity contribution in [1.29, 1.82) is 0 Å². The van der Waals surface area contributed by atoms with Crippen LogP contribution in [0.2, 0.25) is 0 Å². The molecule has 0 spiro atoms. The van der Waals surface area contributed by atoms with E-state index in [1.54, 1.807) is 6.07 Å². The van der Waals surface area contributed by atoms with Crippen molar-refractivity contribution in [3.05, 3.63) is 59.9 Å². The van der Waals surface area contributed by atoms with Gasteiger partial charge in [-0.15, -0.1) is 0 Å². The molecule has 0 amide bonds. The Morgan fingerprint density at radius 1 is 0.632 bits per heavy atom. The number of hydrogen-bond donors (Lipinski definition) is 4. The molecule has 1 aromatic carbocycles. The predicted octanol–water partition coefficient (Wildman–Crippen LogP) is 1.10. The van der Waals surface area contributed by atoms with Crippen molar-refractivity contribution >= 4 is 0 Å². The molecule has 2 aromatic heterocycles. The lowest BCUT2D eigenvalue weighted by molar-refractivity contribution is 0.179. The third-order valence-electron chi connectivity index (χ3n) is 5.52. The molecule has 0 saturated heterocycles. The maximum Gasteiger partial charge on any atom is 0.320 e. The molecule has 206 valence electrons. The first-order chi connectivity index (χ1) is 18.7. The molecule has 12 nitrogen and oxygen atoms in total. The van der Waals surface area contributed by atoms with Gasteiger partial charge in [0.25, 0.3) is 0 Å². The summed E-state index contributed by atoms with van der Waals surface area (Å²) in [5, 5.41) is 34.9. The lowest BCUT2D eigenvalue weighted by Crippen LogP contribution is -2.23. The van der Waals surface area contributed by atoms with Crippen molar-refractivity contribution in [2.45, 2.75) is 24.7 Å². The molecule has 4 rings (SSSR count). The number of nitrogens with zero attached hydrogens (tertiary/aromatic N) is 4. The summed E-state index contributed by atoms with van der Waals surface area (Å²) in [6, 6.07) is 14.1. The normalized spacial score (nSPS) is 16.0. The zero-order chi connectivity index (χ0) is 27.0. The van der Waals surface area contributed by atoms with Gasteiger partial charge in [-0.2, -0.15) is 15.0 Å². The first-order valence-electron chi connectivity index (χ1n) is 12.4. The lowest BCUT2D eigenvalue weighted by Gasteiger charge is -2.36. The predicted molar refractivity (Wildman–Crippen MR) is 136 cm³/mol. The first kappa shape index (κ1) is 29.0. The molecule has 2 unspecified atom stereocenters. The highest BCUT2D eigenvalue weighted by Gasteiger charge is 2.35. The molecule has 2 atom stereocenters. The third kappa shape index (κ3) is 9.06. The number of aliphatic hydroxyl groups excluding tert-OH is 4. The molecular formula is C26H34N4O8. The van der Waals surface area contributed by atoms with Crippen LogP contribution >= 0.6 is 0 Å². The van der Waals surface area contributed by atoms with Gasteiger partial charge < -0.3 is 39.4 Å². The van der Waals surface area contributed by atoms with E-state index in [1.165, 1.54) is 11.8 Å². The number of ether oxygens (including phenoxy) is 4. The summed E-state index contributed by atoms with van der Waals surface area (Å²) in [7, 11) is 0. The van der Waals surface area contributed by atoms with E-state index in [9.17, 15) is 0 Å². The van der Waals surface area contributed by atoms with E-state index in [0.29, 0.717) is 23.6 Å². The van der Waals surface area contributed by atoms with Crippen LogP contribution < -0.4 is 18.9 Å². The minimum absolute atomic E-state index is 0.0726. The average Bonchev–Trinajstić information content (AvgIpc) is 2.93. The Morgan fingerprint density at radius 3 is 1.84 bits per heavy atom. The Balaban J connectivity index is 0.000000244. The van der Waals surface area contributed by atoms with E-state index in [4.69, 9.17) is 39.4 Å². The van der Waals surface area contributed by atoms with E-state index in [-0.39, 0.29) is 64.9 Å². The van der Waals surface area contributed by atoms with Crippen LogP contribution in [0, 0.1) is 0 Å². The molecule has 2 heterocycles. The maximum absolute atomic E-state index is 8.93. The summed E-state index contributed by atoms with van der Waals surface area (Å²) < 4.78 is 20.8. The Kier molecular flexibility index (Phi) is 12.4. The smallest absolute Gasteiger partial charge is 0.320 e. The largest absolute Gasteiger partial charge is 0.475 e. The second-order valence-electron chi connectivity index (χ2n) is 8.08. The van der Waals surface area contributed by atoms with Crippen LogP contribution in [0.1, 0.15) is 35.9 Å². The Labute approximate surface area is 220 Å².